The Hall–Kier alpha value is -3.00. The quantitative estimate of drug-likeness (QED) is 0.741. The molecule has 1 aliphatic heterocycles. The molecule has 5 rings (SSSR count). The Kier molecular flexibility index (Phi) is 2.80. The Morgan fingerprint density at radius 2 is 2.00 bits per heavy atom. The van der Waals surface area contributed by atoms with Crippen LogP contribution < -0.4 is 9.47 Å². The summed E-state index contributed by atoms with van der Waals surface area (Å²) in [5.41, 5.74) is 3.79. The fraction of sp³-hybridized carbons (Fsp3) is 0.263. The molecule has 0 N–H and O–H groups in total. The third-order valence-corrected chi connectivity index (χ3v) is 4.61. The van der Waals surface area contributed by atoms with Crippen molar-refractivity contribution in [2.75, 3.05) is 6.79 Å². The highest BCUT2D eigenvalue weighted by molar-refractivity contribution is 5.81. The second-order valence-corrected chi connectivity index (χ2v) is 6.34. The van der Waals surface area contributed by atoms with E-state index in [9.17, 15) is 0 Å². The van der Waals surface area contributed by atoms with E-state index < -0.39 is 0 Å². The molecule has 0 spiro atoms. The van der Waals surface area contributed by atoms with Crippen LogP contribution in [0.2, 0.25) is 0 Å². The first-order valence-corrected chi connectivity index (χ1v) is 8.10. The molecule has 1 fully saturated rings. The molecule has 2 aliphatic rings. The van der Waals surface area contributed by atoms with E-state index in [1.807, 2.05) is 30.3 Å². The number of nitrogens with zero attached hydrogens (tertiary/aromatic N) is 3. The summed E-state index contributed by atoms with van der Waals surface area (Å²) in [5.74, 6) is 3.20. The molecule has 1 saturated carbocycles. The molecule has 0 saturated heterocycles. The Balaban J connectivity index is 1.65. The zero-order valence-corrected chi connectivity index (χ0v) is 13.0. The average Bonchev–Trinajstić information content (AvgIpc) is 3.26. The van der Waals surface area contributed by atoms with E-state index in [4.69, 9.17) is 19.7 Å². The molecular weight excluding hydrogens is 302 g/mol. The van der Waals surface area contributed by atoms with Crippen molar-refractivity contribution in [3.63, 3.8) is 0 Å². The summed E-state index contributed by atoms with van der Waals surface area (Å²) in [6, 6.07) is 13.9. The number of imidazole rings is 1. The number of benzene rings is 2. The zero-order valence-electron chi connectivity index (χ0n) is 13.0. The minimum Gasteiger partial charge on any atom is -0.454 e. The van der Waals surface area contributed by atoms with E-state index >= 15 is 0 Å². The lowest BCUT2D eigenvalue weighted by Gasteiger charge is -2.09. The lowest BCUT2D eigenvalue weighted by atomic mass is 10.1. The largest absolute Gasteiger partial charge is 0.454 e. The molecule has 0 radical (unpaired) electrons. The van der Waals surface area contributed by atoms with Gasteiger partial charge in [0, 0.05) is 24.6 Å². The van der Waals surface area contributed by atoms with Gasteiger partial charge in [-0.2, -0.15) is 5.26 Å². The van der Waals surface area contributed by atoms with E-state index in [0.717, 1.165) is 33.9 Å². The van der Waals surface area contributed by atoms with Crippen LogP contribution in [0.5, 0.6) is 11.5 Å². The fourth-order valence-corrected chi connectivity index (χ4v) is 3.27. The summed E-state index contributed by atoms with van der Waals surface area (Å²) in [5, 5.41) is 9.12. The number of hydrogen-bond acceptors (Lipinski definition) is 4. The van der Waals surface area contributed by atoms with Crippen molar-refractivity contribution in [3.05, 3.63) is 53.3 Å². The minimum atomic E-state index is 0.266. The molecule has 2 heterocycles. The molecule has 5 nitrogen and oxygen atoms in total. The maximum atomic E-state index is 9.12. The number of ether oxygens (including phenoxy) is 2. The van der Waals surface area contributed by atoms with Gasteiger partial charge in [0.2, 0.25) is 6.79 Å². The number of nitriles is 1. The number of rotatable bonds is 3. The third kappa shape index (κ3) is 2.11. The molecule has 3 aromatic rings. The van der Waals surface area contributed by atoms with Crippen molar-refractivity contribution in [3.8, 4) is 17.6 Å². The van der Waals surface area contributed by atoms with Crippen molar-refractivity contribution in [2.24, 2.45) is 0 Å². The minimum absolute atomic E-state index is 0.266. The van der Waals surface area contributed by atoms with Gasteiger partial charge in [0.25, 0.3) is 0 Å². The molecule has 1 aromatic heterocycles. The Morgan fingerprint density at radius 3 is 2.79 bits per heavy atom. The first kappa shape index (κ1) is 13.4. The molecule has 0 unspecified atom stereocenters. The van der Waals surface area contributed by atoms with Crippen molar-refractivity contribution in [1.29, 1.82) is 5.26 Å². The van der Waals surface area contributed by atoms with Gasteiger partial charge in [-0.25, -0.2) is 4.98 Å². The lowest BCUT2D eigenvalue weighted by Crippen LogP contribution is -2.04. The lowest BCUT2D eigenvalue weighted by molar-refractivity contribution is 0.174. The van der Waals surface area contributed by atoms with Crippen LogP contribution in [0.15, 0.2) is 36.4 Å². The van der Waals surface area contributed by atoms with Gasteiger partial charge in [-0.15, -0.1) is 0 Å². The summed E-state index contributed by atoms with van der Waals surface area (Å²) in [6.07, 6.45) is 2.38. The average molecular weight is 317 g/mol. The van der Waals surface area contributed by atoms with Gasteiger partial charge >= 0.3 is 0 Å². The van der Waals surface area contributed by atoms with Gasteiger partial charge in [-0.1, -0.05) is 12.1 Å². The first-order valence-electron chi connectivity index (χ1n) is 8.10. The second kappa shape index (κ2) is 5.00. The van der Waals surface area contributed by atoms with Gasteiger partial charge in [-0.3, -0.25) is 0 Å². The maximum Gasteiger partial charge on any atom is 0.231 e. The standard InChI is InChI=1S/C19H15N3O2/c20-9-12-2-1-3-13(6-12)10-22-16-8-18-17(23-11-24-18)7-15(16)21-19(22)14-4-5-14/h1-3,6-8,14H,4-5,10-11H2. The van der Waals surface area contributed by atoms with Crippen LogP contribution in [-0.4, -0.2) is 16.3 Å². The maximum absolute atomic E-state index is 9.12. The predicted molar refractivity (Wildman–Crippen MR) is 88.1 cm³/mol. The van der Waals surface area contributed by atoms with Crippen molar-refractivity contribution in [1.82, 2.24) is 9.55 Å². The van der Waals surface area contributed by atoms with Crippen LogP contribution in [0.4, 0.5) is 0 Å². The van der Waals surface area contributed by atoms with E-state index in [0.29, 0.717) is 18.0 Å². The smallest absolute Gasteiger partial charge is 0.231 e. The summed E-state index contributed by atoms with van der Waals surface area (Å²) in [7, 11) is 0. The number of hydrogen-bond donors (Lipinski definition) is 0. The van der Waals surface area contributed by atoms with Crippen LogP contribution in [0.25, 0.3) is 11.0 Å². The van der Waals surface area contributed by atoms with E-state index in [1.54, 1.807) is 0 Å². The van der Waals surface area contributed by atoms with Gasteiger partial charge in [-0.05, 0) is 30.5 Å². The topological polar surface area (TPSA) is 60.1 Å². The van der Waals surface area contributed by atoms with E-state index in [2.05, 4.69) is 16.7 Å². The van der Waals surface area contributed by atoms with Crippen LogP contribution in [0.3, 0.4) is 0 Å². The first-order chi connectivity index (χ1) is 11.8. The highest BCUT2D eigenvalue weighted by Gasteiger charge is 2.30. The van der Waals surface area contributed by atoms with Gasteiger partial charge in [0.15, 0.2) is 11.5 Å². The van der Waals surface area contributed by atoms with Crippen LogP contribution in [-0.2, 0) is 6.54 Å². The number of aromatic nitrogens is 2. The van der Waals surface area contributed by atoms with Gasteiger partial charge in [0.05, 0.1) is 22.7 Å². The Labute approximate surface area is 139 Å². The number of fused-ring (bicyclic) bond motifs is 2. The summed E-state index contributed by atoms with van der Waals surface area (Å²) >= 11 is 0. The monoisotopic (exact) mass is 317 g/mol. The zero-order chi connectivity index (χ0) is 16.1. The molecule has 2 aromatic carbocycles. The SMILES string of the molecule is N#Cc1cccc(Cn2c(C3CC3)nc3cc4c(cc32)OCO4)c1. The highest BCUT2D eigenvalue weighted by atomic mass is 16.7. The molecule has 0 bridgehead atoms. The van der Waals surface area contributed by atoms with E-state index in [-0.39, 0.29) is 6.79 Å². The van der Waals surface area contributed by atoms with Gasteiger partial charge in [0.1, 0.15) is 5.82 Å². The molecule has 5 heteroatoms. The van der Waals surface area contributed by atoms with Gasteiger partial charge < -0.3 is 14.0 Å². The molecule has 118 valence electrons. The molecule has 0 amide bonds. The Morgan fingerprint density at radius 1 is 1.17 bits per heavy atom. The van der Waals surface area contributed by atoms with Crippen LogP contribution in [0.1, 0.15) is 35.7 Å². The third-order valence-electron chi connectivity index (χ3n) is 4.61. The summed E-state index contributed by atoms with van der Waals surface area (Å²) < 4.78 is 13.3. The van der Waals surface area contributed by atoms with Crippen molar-refractivity contribution < 1.29 is 9.47 Å². The second-order valence-electron chi connectivity index (χ2n) is 6.34. The molecule has 0 atom stereocenters. The predicted octanol–water partition coefficient (Wildman–Crippen LogP) is 3.56. The van der Waals surface area contributed by atoms with Crippen molar-refractivity contribution in [2.45, 2.75) is 25.3 Å². The summed E-state index contributed by atoms with van der Waals surface area (Å²) in [6.45, 7) is 0.971. The van der Waals surface area contributed by atoms with Crippen molar-refractivity contribution >= 4 is 11.0 Å². The Bertz CT molecular complexity index is 996. The normalized spacial score (nSPS) is 15.6. The van der Waals surface area contributed by atoms with Crippen LogP contribution in [0, 0.1) is 11.3 Å². The summed E-state index contributed by atoms with van der Waals surface area (Å²) in [4.78, 5) is 4.85. The molecule has 24 heavy (non-hydrogen) atoms. The molecule has 1 aliphatic carbocycles. The van der Waals surface area contributed by atoms with E-state index in [1.165, 1.54) is 12.8 Å². The fourth-order valence-electron chi connectivity index (χ4n) is 3.27. The molecular formula is C19H15N3O2. The van der Waals surface area contributed by atoms with Crippen LogP contribution >= 0.6 is 0 Å². The highest BCUT2D eigenvalue weighted by Crippen LogP contribution is 2.43.